The van der Waals surface area contributed by atoms with Gasteiger partial charge >= 0.3 is 0 Å². The molecule has 0 aliphatic heterocycles. The van der Waals surface area contributed by atoms with Gasteiger partial charge in [-0.1, -0.05) is 39.7 Å². The van der Waals surface area contributed by atoms with Crippen molar-refractivity contribution in [2.45, 2.75) is 20.4 Å². The summed E-state index contributed by atoms with van der Waals surface area (Å²) in [7, 11) is 2.16. The predicted molar refractivity (Wildman–Crippen MR) is 66.0 cm³/mol. The summed E-state index contributed by atoms with van der Waals surface area (Å²) in [6.45, 7) is 6.46. The van der Waals surface area contributed by atoms with Gasteiger partial charge in [0.25, 0.3) is 0 Å². The van der Waals surface area contributed by atoms with Gasteiger partial charge in [0.2, 0.25) is 0 Å². The highest BCUT2D eigenvalue weighted by atomic mass is 79.9. The maximum absolute atomic E-state index is 3.45. The van der Waals surface area contributed by atoms with E-state index in [2.05, 4.69) is 59.9 Å². The van der Waals surface area contributed by atoms with Crippen LogP contribution in [0.3, 0.4) is 0 Å². The molecule has 1 rings (SSSR count). The molecule has 0 aliphatic rings. The average molecular weight is 256 g/mol. The van der Waals surface area contributed by atoms with E-state index in [0.29, 0.717) is 0 Å². The summed E-state index contributed by atoms with van der Waals surface area (Å²) in [5.41, 5.74) is 4.17. The third kappa shape index (κ3) is 3.43. The van der Waals surface area contributed by atoms with Crippen LogP contribution in [0.1, 0.15) is 16.7 Å². The standard InChI is InChI=1S/C12H18BrN/c1-10-4-5-11(2)12(8-10)9-14(3)7-6-13/h4-5,8H,6-7,9H2,1-3H3. The topological polar surface area (TPSA) is 3.24 Å². The molecule has 0 amide bonds. The fourth-order valence-electron chi connectivity index (χ4n) is 1.48. The lowest BCUT2D eigenvalue weighted by atomic mass is 10.1. The second-order valence-corrected chi connectivity index (χ2v) is 4.65. The van der Waals surface area contributed by atoms with E-state index in [1.165, 1.54) is 16.7 Å². The molecule has 1 aromatic rings. The number of hydrogen-bond donors (Lipinski definition) is 0. The third-order valence-electron chi connectivity index (χ3n) is 2.41. The van der Waals surface area contributed by atoms with E-state index >= 15 is 0 Å². The Morgan fingerprint density at radius 2 is 2.00 bits per heavy atom. The first-order valence-electron chi connectivity index (χ1n) is 4.94. The van der Waals surface area contributed by atoms with Crippen molar-refractivity contribution in [3.8, 4) is 0 Å². The predicted octanol–water partition coefficient (Wildman–Crippen LogP) is 3.13. The molecule has 14 heavy (non-hydrogen) atoms. The van der Waals surface area contributed by atoms with Gasteiger partial charge in [0, 0.05) is 18.4 Å². The SMILES string of the molecule is Cc1ccc(C)c(CN(C)CCBr)c1. The first-order valence-corrected chi connectivity index (χ1v) is 6.06. The number of benzene rings is 1. The Balaban J connectivity index is 2.70. The maximum atomic E-state index is 3.45. The molecule has 0 radical (unpaired) electrons. The van der Waals surface area contributed by atoms with Crippen molar-refractivity contribution >= 4 is 15.9 Å². The van der Waals surface area contributed by atoms with Crippen LogP contribution in [0, 0.1) is 13.8 Å². The molecule has 2 heteroatoms. The van der Waals surface area contributed by atoms with Crippen LogP contribution in [0.4, 0.5) is 0 Å². The number of hydrogen-bond acceptors (Lipinski definition) is 1. The summed E-state index contributed by atoms with van der Waals surface area (Å²) in [6, 6.07) is 6.65. The summed E-state index contributed by atoms with van der Waals surface area (Å²) < 4.78 is 0. The van der Waals surface area contributed by atoms with E-state index < -0.39 is 0 Å². The quantitative estimate of drug-likeness (QED) is 0.748. The van der Waals surface area contributed by atoms with Crippen LogP contribution in [0.25, 0.3) is 0 Å². The Morgan fingerprint density at radius 3 is 2.64 bits per heavy atom. The van der Waals surface area contributed by atoms with Crippen LogP contribution in [-0.4, -0.2) is 23.8 Å². The highest BCUT2D eigenvalue weighted by molar-refractivity contribution is 9.09. The lowest BCUT2D eigenvalue weighted by molar-refractivity contribution is 0.349. The van der Waals surface area contributed by atoms with Gasteiger partial charge in [-0.05, 0) is 32.0 Å². The smallest absolute Gasteiger partial charge is 0.0233 e. The molecule has 0 saturated heterocycles. The van der Waals surface area contributed by atoms with Gasteiger partial charge in [0.05, 0.1) is 0 Å². The van der Waals surface area contributed by atoms with Crippen LogP contribution in [0.2, 0.25) is 0 Å². The molecule has 1 aromatic carbocycles. The molecule has 0 bridgehead atoms. The summed E-state index contributed by atoms with van der Waals surface area (Å²) in [6.07, 6.45) is 0. The first-order chi connectivity index (χ1) is 6.63. The van der Waals surface area contributed by atoms with Crippen LogP contribution in [-0.2, 0) is 6.54 Å². The van der Waals surface area contributed by atoms with Crippen molar-refractivity contribution in [1.82, 2.24) is 4.90 Å². The lowest BCUT2D eigenvalue weighted by Crippen LogP contribution is -2.20. The van der Waals surface area contributed by atoms with Gasteiger partial charge in [0.1, 0.15) is 0 Å². The van der Waals surface area contributed by atoms with E-state index in [1.54, 1.807) is 0 Å². The number of halogens is 1. The molecule has 1 nitrogen and oxygen atoms in total. The number of rotatable bonds is 4. The van der Waals surface area contributed by atoms with Crippen molar-refractivity contribution in [3.05, 3.63) is 34.9 Å². The number of aryl methyl sites for hydroxylation is 2. The third-order valence-corrected chi connectivity index (χ3v) is 2.77. The van der Waals surface area contributed by atoms with Gasteiger partial charge in [0.15, 0.2) is 0 Å². The van der Waals surface area contributed by atoms with E-state index in [0.717, 1.165) is 18.4 Å². The van der Waals surface area contributed by atoms with E-state index in [1.807, 2.05) is 0 Å². The number of nitrogens with zero attached hydrogens (tertiary/aromatic N) is 1. The Hall–Kier alpha value is -0.340. The van der Waals surface area contributed by atoms with E-state index in [9.17, 15) is 0 Å². The van der Waals surface area contributed by atoms with Crippen LogP contribution in [0.15, 0.2) is 18.2 Å². The summed E-state index contributed by atoms with van der Waals surface area (Å²) in [4.78, 5) is 2.33. The Morgan fingerprint density at radius 1 is 1.29 bits per heavy atom. The van der Waals surface area contributed by atoms with Gasteiger partial charge in [-0.25, -0.2) is 0 Å². The molecule has 0 atom stereocenters. The molecule has 0 N–H and O–H groups in total. The van der Waals surface area contributed by atoms with E-state index in [4.69, 9.17) is 0 Å². The van der Waals surface area contributed by atoms with E-state index in [-0.39, 0.29) is 0 Å². The summed E-state index contributed by atoms with van der Waals surface area (Å²) >= 11 is 3.45. The molecular weight excluding hydrogens is 238 g/mol. The number of alkyl halides is 1. The highest BCUT2D eigenvalue weighted by Gasteiger charge is 2.02. The molecule has 0 heterocycles. The zero-order valence-electron chi connectivity index (χ0n) is 9.18. The molecule has 0 aromatic heterocycles. The second kappa shape index (κ2) is 5.52. The van der Waals surface area contributed by atoms with Crippen molar-refractivity contribution in [2.75, 3.05) is 18.9 Å². The fraction of sp³-hybridized carbons (Fsp3) is 0.500. The fourth-order valence-corrected chi connectivity index (χ4v) is 2.09. The van der Waals surface area contributed by atoms with Gasteiger partial charge < -0.3 is 4.90 Å². The molecule has 0 fully saturated rings. The monoisotopic (exact) mass is 255 g/mol. The molecule has 0 aliphatic carbocycles. The lowest BCUT2D eigenvalue weighted by Gasteiger charge is -2.17. The van der Waals surface area contributed by atoms with Crippen LogP contribution in [0.5, 0.6) is 0 Å². The van der Waals surface area contributed by atoms with Crippen LogP contribution < -0.4 is 0 Å². The zero-order valence-corrected chi connectivity index (χ0v) is 10.8. The molecule has 0 saturated carbocycles. The van der Waals surface area contributed by atoms with Crippen molar-refractivity contribution in [2.24, 2.45) is 0 Å². The molecule has 78 valence electrons. The average Bonchev–Trinajstić information content (AvgIpc) is 2.12. The van der Waals surface area contributed by atoms with Crippen molar-refractivity contribution in [3.63, 3.8) is 0 Å². The molecule has 0 unspecified atom stereocenters. The molecular formula is C12H18BrN. The maximum Gasteiger partial charge on any atom is 0.0233 e. The van der Waals surface area contributed by atoms with Crippen LogP contribution >= 0.6 is 15.9 Å². The Labute approximate surface area is 95.2 Å². The minimum Gasteiger partial charge on any atom is -0.301 e. The second-order valence-electron chi connectivity index (χ2n) is 3.86. The highest BCUT2D eigenvalue weighted by Crippen LogP contribution is 2.12. The minimum atomic E-state index is 1.04. The van der Waals surface area contributed by atoms with Gasteiger partial charge in [-0.2, -0.15) is 0 Å². The largest absolute Gasteiger partial charge is 0.301 e. The minimum absolute atomic E-state index is 1.04. The van der Waals surface area contributed by atoms with Crippen molar-refractivity contribution in [1.29, 1.82) is 0 Å². The summed E-state index contributed by atoms with van der Waals surface area (Å²) in [5.74, 6) is 0. The van der Waals surface area contributed by atoms with Crippen molar-refractivity contribution < 1.29 is 0 Å². The van der Waals surface area contributed by atoms with Gasteiger partial charge in [-0.15, -0.1) is 0 Å². The first kappa shape index (κ1) is 11.7. The Bertz CT molecular complexity index is 296. The molecule has 0 spiro atoms. The normalized spacial score (nSPS) is 10.9. The van der Waals surface area contributed by atoms with Gasteiger partial charge in [-0.3, -0.25) is 0 Å². The summed E-state index contributed by atoms with van der Waals surface area (Å²) in [5, 5.41) is 1.04. The zero-order chi connectivity index (χ0) is 10.6. The Kier molecular flexibility index (Phi) is 4.63.